The molecule has 0 unspecified atom stereocenters. The zero-order chi connectivity index (χ0) is 18.5. The zero-order valence-corrected chi connectivity index (χ0v) is 15.3. The monoisotopic (exact) mass is 386 g/mol. The smallest absolute Gasteiger partial charge is 0.320 e. The molecule has 3 rings (SSSR count). The Kier molecular flexibility index (Phi) is 5.50. The zero-order valence-electron chi connectivity index (χ0n) is 13.7. The van der Waals surface area contributed by atoms with Crippen LogP contribution >= 0.6 is 22.9 Å². The summed E-state index contributed by atoms with van der Waals surface area (Å²) in [5.74, 6) is -0.372. The molecular weight excluding hydrogens is 372 g/mol. The highest BCUT2D eigenvalue weighted by atomic mass is 35.5. The third kappa shape index (κ3) is 4.38. The van der Waals surface area contributed by atoms with E-state index in [0.29, 0.717) is 21.5 Å². The number of urea groups is 1. The number of hydrogen-bond acceptors (Lipinski definition) is 4. The van der Waals surface area contributed by atoms with E-state index in [-0.39, 0.29) is 11.6 Å². The standard InChI is InChI=1S/C18H15ClN4O2S/c1-11-13(19)8-5-9-14(11)21-16(24)15-10-26-18(22-15)23-17(25)20-12-6-3-2-4-7-12/h2-10H,1H3,(H,21,24)(H2,20,22,23,25). The number of aromatic nitrogens is 1. The van der Waals surface area contributed by atoms with Crippen molar-refractivity contribution in [2.24, 2.45) is 0 Å². The largest absolute Gasteiger partial charge is 0.325 e. The van der Waals surface area contributed by atoms with Crippen LogP contribution in [-0.4, -0.2) is 16.9 Å². The molecule has 1 aromatic heterocycles. The molecule has 0 aliphatic carbocycles. The predicted molar refractivity (Wildman–Crippen MR) is 105 cm³/mol. The molecule has 0 saturated carbocycles. The van der Waals surface area contributed by atoms with Crippen LogP contribution in [0.3, 0.4) is 0 Å². The van der Waals surface area contributed by atoms with Gasteiger partial charge in [-0.3, -0.25) is 10.1 Å². The number of hydrogen-bond donors (Lipinski definition) is 3. The summed E-state index contributed by atoms with van der Waals surface area (Å²) in [5.41, 5.74) is 2.27. The van der Waals surface area contributed by atoms with E-state index in [4.69, 9.17) is 11.6 Å². The molecule has 0 radical (unpaired) electrons. The van der Waals surface area contributed by atoms with Crippen molar-refractivity contribution >= 4 is 51.4 Å². The summed E-state index contributed by atoms with van der Waals surface area (Å²) in [4.78, 5) is 28.4. The van der Waals surface area contributed by atoms with E-state index in [1.54, 1.807) is 35.7 Å². The lowest BCUT2D eigenvalue weighted by Crippen LogP contribution is -2.19. The van der Waals surface area contributed by atoms with Crippen molar-refractivity contribution in [3.63, 3.8) is 0 Å². The highest BCUT2D eigenvalue weighted by molar-refractivity contribution is 7.14. The van der Waals surface area contributed by atoms with Gasteiger partial charge in [-0.2, -0.15) is 0 Å². The summed E-state index contributed by atoms with van der Waals surface area (Å²) >= 11 is 7.22. The SMILES string of the molecule is Cc1c(Cl)cccc1NC(=O)c1csc(NC(=O)Nc2ccccc2)n1. The molecule has 3 aromatic rings. The third-order valence-corrected chi connectivity index (χ3v) is 4.67. The highest BCUT2D eigenvalue weighted by Gasteiger charge is 2.14. The first kappa shape index (κ1) is 17.9. The molecule has 0 bridgehead atoms. The first-order valence-electron chi connectivity index (χ1n) is 7.68. The highest BCUT2D eigenvalue weighted by Crippen LogP contribution is 2.24. The number of anilines is 3. The Bertz CT molecular complexity index is 943. The molecule has 3 N–H and O–H groups in total. The van der Waals surface area contributed by atoms with Crippen LogP contribution in [0.25, 0.3) is 0 Å². The van der Waals surface area contributed by atoms with Gasteiger partial charge in [0.05, 0.1) is 0 Å². The third-order valence-electron chi connectivity index (χ3n) is 3.50. The Morgan fingerprint density at radius 1 is 1.00 bits per heavy atom. The number of carbonyl (C=O) groups excluding carboxylic acids is 2. The fourth-order valence-corrected chi connectivity index (χ4v) is 3.01. The Morgan fingerprint density at radius 3 is 2.54 bits per heavy atom. The van der Waals surface area contributed by atoms with Crippen molar-refractivity contribution < 1.29 is 9.59 Å². The maximum absolute atomic E-state index is 12.3. The summed E-state index contributed by atoms with van der Waals surface area (Å²) in [7, 11) is 0. The summed E-state index contributed by atoms with van der Waals surface area (Å²) in [6.07, 6.45) is 0. The van der Waals surface area contributed by atoms with Crippen LogP contribution in [0.1, 0.15) is 16.1 Å². The molecule has 1 heterocycles. The van der Waals surface area contributed by atoms with Crippen molar-refractivity contribution in [2.45, 2.75) is 6.92 Å². The van der Waals surface area contributed by atoms with Crippen molar-refractivity contribution in [1.82, 2.24) is 4.98 Å². The second-order valence-corrected chi connectivity index (χ2v) is 6.61. The molecule has 8 heteroatoms. The second-order valence-electron chi connectivity index (χ2n) is 5.35. The molecule has 2 aromatic carbocycles. The minimum Gasteiger partial charge on any atom is -0.320 e. The quantitative estimate of drug-likeness (QED) is 0.589. The average molecular weight is 387 g/mol. The summed E-state index contributed by atoms with van der Waals surface area (Å²) in [6, 6.07) is 13.9. The maximum Gasteiger partial charge on any atom is 0.325 e. The van der Waals surface area contributed by atoms with Crippen LogP contribution < -0.4 is 16.0 Å². The second kappa shape index (κ2) is 7.99. The minimum atomic E-state index is -0.428. The van der Waals surface area contributed by atoms with Gasteiger partial charge in [-0.25, -0.2) is 9.78 Å². The lowest BCUT2D eigenvalue weighted by Gasteiger charge is -2.08. The molecule has 132 valence electrons. The summed E-state index contributed by atoms with van der Waals surface area (Å²) in [6.45, 7) is 1.82. The molecule has 0 atom stereocenters. The average Bonchev–Trinajstić information content (AvgIpc) is 3.08. The number of halogens is 1. The lowest BCUT2D eigenvalue weighted by atomic mass is 10.2. The number of para-hydroxylation sites is 1. The molecule has 0 aliphatic rings. The number of nitrogens with one attached hydrogen (secondary N) is 3. The van der Waals surface area contributed by atoms with Crippen molar-refractivity contribution in [1.29, 1.82) is 0 Å². The number of thiazole rings is 1. The first-order chi connectivity index (χ1) is 12.5. The molecule has 0 fully saturated rings. The van der Waals surface area contributed by atoms with E-state index in [0.717, 1.165) is 16.9 Å². The number of benzene rings is 2. The Hall–Kier alpha value is -2.90. The van der Waals surface area contributed by atoms with Gasteiger partial charge in [0.25, 0.3) is 5.91 Å². The number of carbonyl (C=O) groups is 2. The summed E-state index contributed by atoms with van der Waals surface area (Å²) in [5, 5.41) is 10.5. The van der Waals surface area contributed by atoms with Gasteiger partial charge >= 0.3 is 6.03 Å². The number of nitrogens with zero attached hydrogens (tertiary/aromatic N) is 1. The lowest BCUT2D eigenvalue weighted by molar-refractivity contribution is 0.102. The Labute approximate surface area is 159 Å². The van der Waals surface area contributed by atoms with Gasteiger partial charge in [-0.05, 0) is 36.8 Å². The van der Waals surface area contributed by atoms with Crippen LogP contribution in [0.4, 0.5) is 21.3 Å². The van der Waals surface area contributed by atoms with E-state index in [2.05, 4.69) is 20.9 Å². The van der Waals surface area contributed by atoms with Gasteiger partial charge in [0.15, 0.2) is 5.13 Å². The van der Waals surface area contributed by atoms with Crippen LogP contribution in [0.15, 0.2) is 53.9 Å². The molecular formula is C18H15ClN4O2S. The van der Waals surface area contributed by atoms with Crippen LogP contribution in [0.2, 0.25) is 5.02 Å². The van der Waals surface area contributed by atoms with E-state index in [1.807, 2.05) is 25.1 Å². The molecule has 0 aliphatic heterocycles. The van der Waals surface area contributed by atoms with Crippen LogP contribution in [0, 0.1) is 6.92 Å². The Balaban J connectivity index is 1.63. The number of rotatable bonds is 4. The molecule has 0 spiro atoms. The van der Waals surface area contributed by atoms with Gasteiger partial charge in [-0.15, -0.1) is 11.3 Å². The van der Waals surface area contributed by atoms with E-state index in [9.17, 15) is 9.59 Å². The fourth-order valence-electron chi connectivity index (χ4n) is 2.15. The fraction of sp³-hybridized carbons (Fsp3) is 0.0556. The van der Waals surface area contributed by atoms with Gasteiger partial charge in [0.2, 0.25) is 0 Å². The van der Waals surface area contributed by atoms with Crippen molar-refractivity contribution in [3.05, 3.63) is 70.2 Å². The van der Waals surface area contributed by atoms with E-state index >= 15 is 0 Å². The van der Waals surface area contributed by atoms with Gasteiger partial charge in [0.1, 0.15) is 5.69 Å². The van der Waals surface area contributed by atoms with E-state index < -0.39 is 6.03 Å². The summed E-state index contributed by atoms with van der Waals surface area (Å²) < 4.78 is 0. The predicted octanol–water partition coefficient (Wildman–Crippen LogP) is 5.00. The minimum absolute atomic E-state index is 0.212. The van der Waals surface area contributed by atoms with Gasteiger partial charge in [-0.1, -0.05) is 35.9 Å². The normalized spacial score (nSPS) is 10.2. The molecule has 26 heavy (non-hydrogen) atoms. The maximum atomic E-state index is 12.3. The van der Waals surface area contributed by atoms with Gasteiger partial charge < -0.3 is 10.6 Å². The molecule has 3 amide bonds. The van der Waals surface area contributed by atoms with E-state index in [1.165, 1.54) is 0 Å². The van der Waals surface area contributed by atoms with Crippen molar-refractivity contribution in [3.8, 4) is 0 Å². The first-order valence-corrected chi connectivity index (χ1v) is 8.94. The van der Waals surface area contributed by atoms with Gasteiger partial charge in [0, 0.05) is 21.8 Å². The molecule has 0 saturated heterocycles. The number of amides is 3. The Morgan fingerprint density at radius 2 is 1.77 bits per heavy atom. The molecule has 6 nitrogen and oxygen atoms in total. The van der Waals surface area contributed by atoms with Crippen molar-refractivity contribution in [2.75, 3.05) is 16.0 Å². The topological polar surface area (TPSA) is 83.1 Å². The van der Waals surface area contributed by atoms with Crippen LogP contribution in [0.5, 0.6) is 0 Å². The van der Waals surface area contributed by atoms with Crippen LogP contribution in [-0.2, 0) is 0 Å².